The van der Waals surface area contributed by atoms with Gasteiger partial charge in [0.2, 0.25) is 0 Å². The number of rotatable bonds is 3. The molecule has 0 amide bonds. The maximum atomic E-state index is 10.9. The van der Waals surface area contributed by atoms with E-state index in [0.29, 0.717) is 17.3 Å². The molecule has 1 aromatic carbocycles. The second-order valence-electron chi connectivity index (χ2n) is 5.22. The number of aryl methyl sites for hydroxylation is 1. The zero-order valence-corrected chi connectivity index (χ0v) is 11.7. The van der Waals surface area contributed by atoms with Gasteiger partial charge in [-0.3, -0.25) is 10.1 Å². The van der Waals surface area contributed by atoms with Gasteiger partial charge in [-0.2, -0.15) is 4.98 Å². The molecular formula is C14H16N4O3. The Hall–Kier alpha value is -2.28. The first-order chi connectivity index (χ1) is 10.1. The lowest BCUT2D eigenvalue weighted by Gasteiger charge is -2.19. The van der Waals surface area contributed by atoms with Gasteiger partial charge in [-0.05, 0) is 31.9 Å². The molecule has 0 bridgehead atoms. The number of aromatic nitrogens is 2. The number of nitro groups is 1. The normalized spacial score (nSPS) is 18.6. The Morgan fingerprint density at radius 2 is 2.29 bits per heavy atom. The van der Waals surface area contributed by atoms with E-state index in [0.717, 1.165) is 31.4 Å². The molecule has 1 aromatic heterocycles. The molecule has 1 N–H and O–H groups in total. The van der Waals surface area contributed by atoms with Crippen LogP contribution in [0.5, 0.6) is 0 Å². The third-order valence-corrected chi connectivity index (χ3v) is 3.73. The Bertz CT molecular complexity index is 662. The van der Waals surface area contributed by atoms with E-state index in [2.05, 4.69) is 15.5 Å². The van der Waals surface area contributed by atoms with Crippen molar-refractivity contribution in [3.8, 4) is 11.5 Å². The monoisotopic (exact) mass is 288 g/mol. The van der Waals surface area contributed by atoms with Crippen molar-refractivity contribution in [2.45, 2.75) is 32.2 Å². The van der Waals surface area contributed by atoms with E-state index >= 15 is 0 Å². The number of nitrogens with one attached hydrogen (secondary N) is 1. The number of non-ortho nitro benzene ring substituents is 1. The largest absolute Gasteiger partial charge is 0.334 e. The highest BCUT2D eigenvalue weighted by atomic mass is 16.6. The third kappa shape index (κ3) is 2.78. The summed E-state index contributed by atoms with van der Waals surface area (Å²) in [6.07, 6.45) is 3.27. The van der Waals surface area contributed by atoms with E-state index in [4.69, 9.17) is 4.52 Å². The zero-order valence-electron chi connectivity index (χ0n) is 11.7. The van der Waals surface area contributed by atoms with Crippen molar-refractivity contribution in [3.63, 3.8) is 0 Å². The van der Waals surface area contributed by atoms with Crippen LogP contribution in [-0.4, -0.2) is 21.6 Å². The van der Waals surface area contributed by atoms with E-state index in [1.165, 1.54) is 12.1 Å². The van der Waals surface area contributed by atoms with E-state index in [1.54, 1.807) is 6.07 Å². The molecule has 0 saturated carbocycles. The van der Waals surface area contributed by atoms with E-state index in [-0.39, 0.29) is 11.7 Å². The van der Waals surface area contributed by atoms with E-state index < -0.39 is 4.92 Å². The summed E-state index contributed by atoms with van der Waals surface area (Å²) in [4.78, 5) is 14.9. The van der Waals surface area contributed by atoms with Gasteiger partial charge in [-0.15, -0.1) is 0 Å². The summed E-state index contributed by atoms with van der Waals surface area (Å²) < 4.78 is 5.30. The number of hydrogen-bond donors (Lipinski definition) is 1. The molecule has 3 rings (SSSR count). The smallest absolute Gasteiger partial charge is 0.270 e. The van der Waals surface area contributed by atoms with Gasteiger partial charge in [-0.25, -0.2) is 0 Å². The standard InChI is InChI=1S/C14H16N4O3/c1-9-5-6-10(18(19)20)8-11(9)14-16-13(17-21-14)12-4-2-3-7-15-12/h5-6,8,12,15H,2-4,7H2,1H3. The van der Waals surface area contributed by atoms with Crippen molar-refractivity contribution in [2.75, 3.05) is 6.54 Å². The Labute approximate surface area is 121 Å². The van der Waals surface area contributed by atoms with Crippen molar-refractivity contribution in [3.05, 3.63) is 39.7 Å². The minimum atomic E-state index is -0.428. The summed E-state index contributed by atoms with van der Waals surface area (Å²) in [7, 11) is 0. The molecule has 21 heavy (non-hydrogen) atoms. The van der Waals surface area contributed by atoms with Gasteiger partial charge in [-0.1, -0.05) is 17.6 Å². The van der Waals surface area contributed by atoms with Crippen LogP contribution in [-0.2, 0) is 0 Å². The van der Waals surface area contributed by atoms with Crippen LogP contribution in [0.2, 0.25) is 0 Å². The summed E-state index contributed by atoms with van der Waals surface area (Å²) in [6.45, 7) is 2.81. The van der Waals surface area contributed by atoms with Gasteiger partial charge in [0.05, 0.1) is 11.0 Å². The second-order valence-corrected chi connectivity index (χ2v) is 5.22. The van der Waals surface area contributed by atoms with Gasteiger partial charge in [0.25, 0.3) is 11.6 Å². The molecule has 2 heterocycles. The lowest BCUT2D eigenvalue weighted by Crippen LogP contribution is -2.27. The van der Waals surface area contributed by atoms with Crippen molar-refractivity contribution < 1.29 is 9.45 Å². The molecule has 2 aromatic rings. The summed E-state index contributed by atoms with van der Waals surface area (Å²) >= 11 is 0. The molecule has 1 aliphatic heterocycles. The van der Waals surface area contributed by atoms with Crippen LogP contribution >= 0.6 is 0 Å². The third-order valence-electron chi connectivity index (χ3n) is 3.73. The molecule has 1 atom stereocenters. The summed E-state index contributed by atoms with van der Waals surface area (Å²) in [5.41, 5.74) is 1.50. The Balaban J connectivity index is 1.92. The summed E-state index contributed by atoms with van der Waals surface area (Å²) in [6, 6.07) is 4.74. The maximum absolute atomic E-state index is 10.9. The molecule has 1 unspecified atom stereocenters. The Morgan fingerprint density at radius 1 is 1.43 bits per heavy atom. The van der Waals surface area contributed by atoms with Crippen LogP contribution in [0.3, 0.4) is 0 Å². The molecule has 1 fully saturated rings. The molecular weight excluding hydrogens is 272 g/mol. The Morgan fingerprint density at radius 3 is 3.00 bits per heavy atom. The Kier molecular flexibility index (Phi) is 3.66. The molecule has 1 aliphatic rings. The van der Waals surface area contributed by atoms with Gasteiger partial charge in [0.1, 0.15) is 0 Å². The molecule has 7 heteroatoms. The number of benzene rings is 1. The predicted molar refractivity (Wildman–Crippen MR) is 75.7 cm³/mol. The molecule has 0 radical (unpaired) electrons. The van der Waals surface area contributed by atoms with E-state index in [1.807, 2.05) is 6.92 Å². The van der Waals surface area contributed by atoms with Gasteiger partial charge in [0.15, 0.2) is 5.82 Å². The maximum Gasteiger partial charge on any atom is 0.270 e. The highest BCUT2D eigenvalue weighted by Gasteiger charge is 2.22. The topological polar surface area (TPSA) is 94.1 Å². The predicted octanol–water partition coefficient (Wildman–Crippen LogP) is 2.77. The lowest BCUT2D eigenvalue weighted by molar-refractivity contribution is -0.384. The fourth-order valence-corrected chi connectivity index (χ4v) is 2.51. The van der Waals surface area contributed by atoms with Crippen molar-refractivity contribution in [2.24, 2.45) is 0 Å². The number of nitro benzene ring substituents is 1. The van der Waals surface area contributed by atoms with Crippen LogP contribution in [0.25, 0.3) is 11.5 Å². The molecule has 0 aliphatic carbocycles. The van der Waals surface area contributed by atoms with Gasteiger partial charge in [0, 0.05) is 17.7 Å². The average Bonchev–Trinajstić information content (AvgIpc) is 2.98. The summed E-state index contributed by atoms with van der Waals surface area (Å²) in [5.74, 6) is 0.953. The van der Waals surface area contributed by atoms with Crippen molar-refractivity contribution in [1.82, 2.24) is 15.5 Å². The molecule has 1 saturated heterocycles. The molecule has 0 spiro atoms. The number of hydrogen-bond acceptors (Lipinski definition) is 6. The highest BCUT2D eigenvalue weighted by molar-refractivity contribution is 5.62. The lowest BCUT2D eigenvalue weighted by atomic mass is 10.0. The fraction of sp³-hybridized carbons (Fsp3) is 0.429. The van der Waals surface area contributed by atoms with Crippen LogP contribution in [0, 0.1) is 17.0 Å². The first-order valence-corrected chi connectivity index (χ1v) is 6.97. The first kappa shape index (κ1) is 13.7. The minimum Gasteiger partial charge on any atom is -0.334 e. The molecule has 110 valence electrons. The first-order valence-electron chi connectivity index (χ1n) is 6.97. The van der Waals surface area contributed by atoms with Gasteiger partial charge >= 0.3 is 0 Å². The van der Waals surface area contributed by atoms with Crippen molar-refractivity contribution in [1.29, 1.82) is 0 Å². The van der Waals surface area contributed by atoms with Crippen LogP contribution < -0.4 is 5.32 Å². The van der Waals surface area contributed by atoms with E-state index in [9.17, 15) is 10.1 Å². The van der Waals surface area contributed by atoms with Crippen molar-refractivity contribution >= 4 is 5.69 Å². The SMILES string of the molecule is Cc1ccc([N+](=O)[O-])cc1-c1nc(C2CCCCN2)no1. The number of nitrogens with zero attached hydrogens (tertiary/aromatic N) is 3. The number of piperidine rings is 1. The second kappa shape index (κ2) is 5.61. The van der Waals surface area contributed by atoms with Crippen LogP contribution in [0.15, 0.2) is 22.7 Å². The molecule has 7 nitrogen and oxygen atoms in total. The van der Waals surface area contributed by atoms with Crippen LogP contribution in [0.4, 0.5) is 5.69 Å². The van der Waals surface area contributed by atoms with Crippen LogP contribution in [0.1, 0.15) is 36.7 Å². The van der Waals surface area contributed by atoms with Gasteiger partial charge < -0.3 is 9.84 Å². The zero-order chi connectivity index (χ0) is 14.8. The average molecular weight is 288 g/mol. The quantitative estimate of drug-likeness (QED) is 0.689. The fourth-order valence-electron chi connectivity index (χ4n) is 2.51. The summed E-state index contributed by atoms with van der Waals surface area (Å²) in [5, 5.41) is 18.2. The minimum absolute atomic E-state index is 0.0196. The highest BCUT2D eigenvalue weighted by Crippen LogP contribution is 2.28.